The summed E-state index contributed by atoms with van der Waals surface area (Å²) >= 11 is 1.48. The molecule has 0 radical (unpaired) electrons. The summed E-state index contributed by atoms with van der Waals surface area (Å²) in [6, 6.07) is 9.45. The van der Waals surface area contributed by atoms with Crippen LogP contribution in [0, 0.1) is 0 Å². The molecule has 0 saturated carbocycles. The number of fused-ring (bicyclic) bond motifs is 2. The Hall–Kier alpha value is -3.09. The second-order valence-corrected chi connectivity index (χ2v) is 10.3. The van der Waals surface area contributed by atoms with Gasteiger partial charge >= 0.3 is 0 Å². The largest absolute Gasteiger partial charge is 0.481 e. The van der Waals surface area contributed by atoms with Crippen molar-refractivity contribution in [2.24, 2.45) is 0 Å². The van der Waals surface area contributed by atoms with Crippen molar-refractivity contribution >= 4 is 40.6 Å². The molecule has 1 amide bonds. The number of ether oxygens (including phenoxy) is 2. The van der Waals surface area contributed by atoms with Crippen molar-refractivity contribution in [3.63, 3.8) is 0 Å². The van der Waals surface area contributed by atoms with E-state index in [1.807, 2.05) is 36.4 Å². The van der Waals surface area contributed by atoms with E-state index in [9.17, 15) is 15.0 Å². The second-order valence-electron chi connectivity index (χ2n) is 9.32. The van der Waals surface area contributed by atoms with E-state index in [0.717, 1.165) is 40.0 Å². The van der Waals surface area contributed by atoms with E-state index < -0.39 is 6.10 Å². The van der Waals surface area contributed by atoms with Crippen LogP contribution >= 0.6 is 11.8 Å². The number of nitrogens with zero attached hydrogens (tertiary/aromatic N) is 3. The minimum atomic E-state index is -0.873. The topological polar surface area (TPSA) is 139 Å². The molecule has 1 fully saturated rings. The second kappa shape index (κ2) is 12.2. The molecule has 11 heteroatoms. The van der Waals surface area contributed by atoms with Gasteiger partial charge in [0.2, 0.25) is 11.8 Å². The number of carbonyl (C=O) groups is 1. The number of hydrogen-bond acceptors (Lipinski definition) is 10. The molecule has 0 bridgehead atoms. The van der Waals surface area contributed by atoms with Crippen molar-refractivity contribution in [2.75, 3.05) is 24.8 Å². The lowest BCUT2D eigenvalue weighted by atomic mass is 9.94. The van der Waals surface area contributed by atoms with E-state index in [2.05, 4.69) is 25.6 Å². The SMILES string of the molecule is COc1ccc2nccc(C=C[C@@H]3CC[C@@H](NCc4ccc5c(n4)NC(=O)CS5)[C@@H](C[C@@H](O)CO)O3)c2n1. The molecular formula is C27H31N5O5S. The van der Waals surface area contributed by atoms with Gasteiger partial charge in [0, 0.05) is 36.8 Å². The first-order chi connectivity index (χ1) is 18.5. The monoisotopic (exact) mass is 537 g/mol. The number of anilines is 1. The minimum absolute atomic E-state index is 0.0321. The summed E-state index contributed by atoms with van der Waals surface area (Å²) in [5.41, 5.74) is 3.24. The Morgan fingerprint density at radius 3 is 3.00 bits per heavy atom. The Morgan fingerprint density at radius 1 is 1.26 bits per heavy atom. The van der Waals surface area contributed by atoms with Crippen LogP contribution in [0.1, 0.15) is 30.5 Å². The number of aliphatic hydroxyl groups is 2. The first-order valence-electron chi connectivity index (χ1n) is 12.6. The number of rotatable bonds is 9. The van der Waals surface area contributed by atoms with Gasteiger partial charge in [0.25, 0.3) is 0 Å². The Kier molecular flexibility index (Phi) is 8.50. The van der Waals surface area contributed by atoms with E-state index in [0.29, 0.717) is 30.4 Å². The third-order valence-corrected chi connectivity index (χ3v) is 7.69. The zero-order valence-corrected chi connectivity index (χ0v) is 21.9. The molecule has 2 aliphatic heterocycles. The number of amides is 1. The highest BCUT2D eigenvalue weighted by Crippen LogP contribution is 2.30. The van der Waals surface area contributed by atoms with Crippen LogP contribution in [-0.2, 0) is 16.1 Å². The average molecular weight is 538 g/mol. The van der Waals surface area contributed by atoms with Crippen LogP contribution in [0.3, 0.4) is 0 Å². The summed E-state index contributed by atoms with van der Waals surface area (Å²) in [6.45, 7) is 0.165. The van der Waals surface area contributed by atoms with E-state index in [1.165, 1.54) is 11.8 Å². The molecule has 10 nitrogen and oxygen atoms in total. The van der Waals surface area contributed by atoms with Crippen LogP contribution in [0.15, 0.2) is 47.5 Å². The van der Waals surface area contributed by atoms with Crippen LogP contribution in [0.2, 0.25) is 0 Å². The maximum atomic E-state index is 11.7. The van der Waals surface area contributed by atoms with Gasteiger partial charge in [-0.1, -0.05) is 12.2 Å². The van der Waals surface area contributed by atoms with E-state index in [1.54, 1.807) is 19.4 Å². The number of thioether (sulfide) groups is 1. The highest BCUT2D eigenvalue weighted by Gasteiger charge is 2.31. The molecule has 0 aliphatic carbocycles. The maximum absolute atomic E-state index is 11.7. The summed E-state index contributed by atoms with van der Waals surface area (Å²) in [5, 5.41) is 26.0. The van der Waals surface area contributed by atoms with Gasteiger partial charge in [-0.2, -0.15) is 0 Å². The lowest BCUT2D eigenvalue weighted by molar-refractivity contribution is -0.113. The quantitative estimate of drug-likeness (QED) is 0.322. The number of aromatic nitrogens is 3. The molecule has 3 aromatic heterocycles. The van der Waals surface area contributed by atoms with Crippen LogP contribution < -0.4 is 15.4 Å². The summed E-state index contributed by atoms with van der Waals surface area (Å²) < 4.78 is 11.7. The summed E-state index contributed by atoms with van der Waals surface area (Å²) in [4.78, 5) is 26.2. The van der Waals surface area contributed by atoms with Gasteiger partial charge < -0.3 is 30.3 Å². The van der Waals surface area contributed by atoms with Gasteiger partial charge in [0.1, 0.15) is 5.82 Å². The molecule has 5 heterocycles. The normalized spacial score (nSPS) is 22.3. The molecular weight excluding hydrogens is 506 g/mol. The van der Waals surface area contributed by atoms with Gasteiger partial charge in [-0.15, -0.1) is 11.8 Å². The van der Waals surface area contributed by atoms with E-state index in [4.69, 9.17) is 9.47 Å². The van der Waals surface area contributed by atoms with Gasteiger partial charge in [0.05, 0.1) is 59.4 Å². The molecule has 2 aliphatic rings. The lowest BCUT2D eigenvalue weighted by Crippen LogP contribution is -2.48. The van der Waals surface area contributed by atoms with Crippen LogP contribution in [0.4, 0.5) is 5.82 Å². The van der Waals surface area contributed by atoms with Crippen LogP contribution in [0.25, 0.3) is 17.1 Å². The molecule has 3 aromatic rings. The minimum Gasteiger partial charge on any atom is -0.481 e. The highest BCUT2D eigenvalue weighted by atomic mass is 32.2. The highest BCUT2D eigenvalue weighted by molar-refractivity contribution is 8.00. The Balaban J connectivity index is 1.26. The molecule has 4 atom stereocenters. The van der Waals surface area contributed by atoms with E-state index in [-0.39, 0.29) is 30.8 Å². The predicted octanol–water partition coefficient (Wildman–Crippen LogP) is 2.54. The fourth-order valence-electron chi connectivity index (χ4n) is 4.68. The van der Waals surface area contributed by atoms with Crippen LogP contribution in [0.5, 0.6) is 5.88 Å². The lowest BCUT2D eigenvalue weighted by Gasteiger charge is -2.37. The summed E-state index contributed by atoms with van der Waals surface area (Å²) in [7, 11) is 1.58. The number of hydrogen-bond donors (Lipinski definition) is 4. The Labute approximate surface area is 224 Å². The number of pyridine rings is 3. The smallest absolute Gasteiger partial charge is 0.235 e. The molecule has 200 valence electrons. The van der Waals surface area contributed by atoms with Crippen molar-refractivity contribution < 1.29 is 24.5 Å². The third-order valence-electron chi connectivity index (χ3n) is 6.64. The molecule has 38 heavy (non-hydrogen) atoms. The molecule has 0 unspecified atom stereocenters. The molecule has 4 N–H and O–H groups in total. The molecule has 5 rings (SSSR count). The van der Waals surface area contributed by atoms with Crippen molar-refractivity contribution in [2.45, 2.75) is 55.1 Å². The molecule has 0 aromatic carbocycles. The fraction of sp³-hybridized carbons (Fsp3) is 0.407. The zero-order chi connectivity index (χ0) is 26.5. The van der Waals surface area contributed by atoms with Crippen molar-refractivity contribution in [1.29, 1.82) is 0 Å². The fourth-order valence-corrected chi connectivity index (χ4v) is 5.44. The van der Waals surface area contributed by atoms with Crippen LogP contribution in [-0.4, -0.2) is 74.9 Å². The van der Waals surface area contributed by atoms with Crippen molar-refractivity contribution in [3.05, 3.63) is 53.9 Å². The number of nitrogens with one attached hydrogen (secondary N) is 2. The zero-order valence-electron chi connectivity index (χ0n) is 21.0. The number of methoxy groups -OCH3 is 1. The number of aliphatic hydroxyl groups excluding tert-OH is 2. The standard InChI is InChI=1S/C27H31N5O5S/c1-36-25-9-7-21-26(32-25)16(10-11-28-21)2-4-19-5-6-20(22(37-19)12-18(34)14-33)29-13-17-3-8-23-27(30-17)31-24(35)15-38-23/h2-4,7-11,18-20,22,29,33-34H,5-6,12-15H2,1H3,(H,30,31,35)/t18-,19-,20-,22-/m1/s1. The van der Waals surface area contributed by atoms with Crippen molar-refractivity contribution in [3.8, 4) is 5.88 Å². The first-order valence-corrected chi connectivity index (χ1v) is 13.6. The Morgan fingerprint density at radius 2 is 2.16 bits per heavy atom. The maximum Gasteiger partial charge on any atom is 0.235 e. The Bertz CT molecular complexity index is 1320. The predicted molar refractivity (Wildman–Crippen MR) is 145 cm³/mol. The summed E-state index contributed by atoms with van der Waals surface area (Å²) in [5.74, 6) is 1.47. The number of carbonyl (C=O) groups excluding carboxylic acids is 1. The van der Waals surface area contributed by atoms with Gasteiger partial charge in [-0.05, 0) is 37.1 Å². The third kappa shape index (κ3) is 6.30. The van der Waals surface area contributed by atoms with Gasteiger partial charge in [-0.3, -0.25) is 9.78 Å². The molecule has 1 saturated heterocycles. The van der Waals surface area contributed by atoms with Crippen molar-refractivity contribution in [1.82, 2.24) is 20.3 Å². The van der Waals surface area contributed by atoms with E-state index >= 15 is 0 Å². The van der Waals surface area contributed by atoms with Gasteiger partial charge in [0.15, 0.2) is 0 Å². The molecule has 0 spiro atoms. The average Bonchev–Trinajstić information content (AvgIpc) is 2.94. The first kappa shape index (κ1) is 26.5. The summed E-state index contributed by atoms with van der Waals surface area (Å²) in [6.07, 6.45) is 6.31. The van der Waals surface area contributed by atoms with Gasteiger partial charge in [-0.25, -0.2) is 9.97 Å².